The van der Waals surface area contributed by atoms with Crippen LogP contribution in [-0.2, 0) is 28.6 Å². The standard InChI is InChI=1S/C67H104O6/c1-4-7-10-13-16-19-22-24-25-26-27-28-29-30-31-32-33-34-35-36-37-38-39-40-41-43-45-48-51-54-57-60-66(69)72-63-64(62-71-65(68)59-56-53-50-47-44-21-18-15-12-9-6-3)73-67(70)61-58-55-52-49-46-42-23-20-17-14-11-8-5-2/h7-8,10-11,16-17,19-20,24-25,27-28,30-31,33-34,36-37,39-40,42-43,45-46,52,55,64H,4-6,9,12-15,18,21-23,26,29,32,35,38,41,44,47-51,53-54,56-63H2,1-3H3/b10-7-,11-8-,19-16-,20-17-,25-24-,28-27-,31-30-,34-33-,37-36-,40-39-,45-43-,46-42-,55-52-. The number of carbonyl (C=O) groups is 3. The van der Waals surface area contributed by atoms with Crippen molar-refractivity contribution in [2.45, 2.75) is 232 Å². The van der Waals surface area contributed by atoms with E-state index in [1.807, 2.05) is 12.2 Å². The van der Waals surface area contributed by atoms with Gasteiger partial charge in [0, 0.05) is 19.3 Å². The molecule has 0 amide bonds. The first-order valence-electron chi connectivity index (χ1n) is 29.0. The minimum atomic E-state index is -0.835. The molecule has 0 aliphatic carbocycles. The van der Waals surface area contributed by atoms with E-state index in [0.717, 1.165) is 128 Å². The van der Waals surface area contributed by atoms with E-state index >= 15 is 0 Å². The van der Waals surface area contributed by atoms with Gasteiger partial charge in [-0.1, -0.05) is 249 Å². The first kappa shape index (κ1) is 68.0. The van der Waals surface area contributed by atoms with E-state index in [2.05, 4.69) is 167 Å². The fourth-order valence-corrected chi connectivity index (χ4v) is 7.27. The Labute approximate surface area is 448 Å². The molecule has 0 N–H and O–H groups in total. The van der Waals surface area contributed by atoms with Crippen LogP contribution in [0.15, 0.2) is 158 Å². The van der Waals surface area contributed by atoms with Gasteiger partial charge in [-0.15, -0.1) is 0 Å². The van der Waals surface area contributed by atoms with Gasteiger partial charge in [0.1, 0.15) is 13.2 Å². The Morgan fingerprint density at radius 2 is 0.562 bits per heavy atom. The normalized spacial score (nSPS) is 13.3. The van der Waals surface area contributed by atoms with E-state index in [4.69, 9.17) is 14.2 Å². The van der Waals surface area contributed by atoms with Crippen LogP contribution in [0.5, 0.6) is 0 Å². The quantitative estimate of drug-likeness (QED) is 0.0261. The zero-order chi connectivity index (χ0) is 52.9. The van der Waals surface area contributed by atoms with E-state index in [1.54, 1.807) is 0 Å². The molecule has 0 aromatic carbocycles. The summed E-state index contributed by atoms with van der Waals surface area (Å²) in [6.45, 7) is 6.29. The molecule has 6 heteroatoms. The van der Waals surface area contributed by atoms with Crippen molar-refractivity contribution in [3.8, 4) is 0 Å². The number of allylic oxidation sites excluding steroid dienone is 26. The van der Waals surface area contributed by atoms with E-state index in [-0.39, 0.29) is 31.6 Å². The monoisotopic (exact) mass is 1000 g/mol. The molecule has 0 bridgehead atoms. The minimum Gasteiger partial charge on any atom is -0.462 e. The zero-order valence-corrected chi connectivity index (χ0v) is 46.6. The lowest BCUT2D eigenvalue weighted by Gasteiger charge is -2.18. The van der Waals surface area contributed by atoms with Crippen LogP contribution in [0.4, 0.5) is 0 Å². The van der Waals surface area contributed by atoms with Crippen molar-refractivity contribution in [3.05, 3.63) is 158 Å². The van der Waals surface area contributed by atoms with Gasteiger partial charge in [-0.25, -0.2) is 0 Å². The Bertz CT molecular complexity index is 1670. The van der Waals surface area contributed by atoms with Gasteiger partial charge in [-0.2, -0.15) is 0 Å². The molecule has 0 aromatic heterocycles. The number of ether oxygens (including phenoxy) is 3. The minimum absolute atomic E-state index is 0.122. The summed E-state index contributed by atoms with van der Waals surface area (Å²) in [6.07, 6.45) is 86.9. The molecule has 0 saturated heterocycles. The van der Waals surface area contributed by atoms with Crippen molar-refractivity contribution >= 4 is 17.9 Å². The molecule has 6 nitrogen and oxygen atoms in total. The summed E-state index contributed by atoms with van der Waals surface area (Å²) in [4.78, 5) is 38.0. The van der Waals surface area contributed by atoms with Gasteiger partial charge in [0.25, 0.3) is 0 Å². The topological polar surface area (TPSA) is 78.9 Å². The highest BCUT2D eigenvalue weighted by Gasteiger charge is 2.19. The summed E-state index contributed by atoms with van der Waals surface area (Å²) < 4.78 is 16.7. The smallest absolute Gasteiger partial charge is 0.306 e. The molecule has 73 heavy (non-hydrogen) atoms. The van der Waals surface area contributed by atoms with Gasteiger partial charge >= 0.3 is 17.9 Å². The predicted molar refractivity (Wildman–Crippen MR) is 315 cm³/mol. The molecule has 0 aliphatic heterocycles. The second-order valence-corrected chi connectivity index (χ2v) is 18.4. The highest BCUT2D eigenvalue weighted by molar-refractivity contribution is 5.71. The van der Waals surface area contributed by atoms with Crippen LogP contribution in [-0.4, -0.2) is 37.2 Å². The maximum Gasteiger partial charge on any atom is 0.306 e. The lowest BCUT2D eigenvalue weighted by atomic mass is 10.1. The number of unbranched alkanes of at least 4 members (excludes halogenated alkanes) is 13. The summed E-state index contributed by atoms with van der Waals surface area (Å²) in [6, 6.07) is 0. The Morgan fingerprint density at radius 1 is 0.288 bits per heavy atom. The molecule has 0 heterocycles. The fraction of sp³-hybridized carbons (Fsp3) is 0.567. The van der Waals surface area contributed by atoms with Crippen molar-refractivity contribution in [1.82, 2.24) is 0 Å². The van der Waals surface area contributed by atoms with Crippen molar-refractivity contribution in [2.24, 2.45) is 0 Å². The van der Waals surface area contributed by atoms with Crippen molar-refractivity contribution in [1.29, 1.82) is 0 Å². The fourth-order valence-electron chi connectivity index (χ4n) is 7.27. The van der Waals surface area contributed by atoms with Crippen LogP contribution < -0.4 is 0 Å². The van der Waals surface area contributed by atoms with Crippen molar-refractivity contribution in [3.63, 3.8) is 0 Å². The summed E-state index contributed by atoms with van der Waals surface area (Å²) in [5, 5.41) is 0. The predicted octanol–water partition coefficient (Wildman–Crippen LogP) is 19.8. The van der Waals surface area contributed by atoms with Crippen LogP contribution >= 0.6 is 0 Å². The average molecular weight is 1010 g/mol. The average Bonchev–Trinajstić information content (AvgIpc) is 3.39. The van der Waals surface area contributed by atoms with Gasteiger partial charge in [-0.3, -0.25) is 14.4 Å². The Morgan fingerprint density at radius 3 is 0.890 bits per heavy atom. The van der Waals surface area contributed by atoms with Crippen molar-refractivity contribution in [2.75, 3.05) is 13.2 Å². The number of esters is 3. The molecule has 0 rings (SSSR count). The molecule has 0 saturated carbocycles. The number of hydrogen-bond acceptors (Lipinski definition) is 6. The van der Waals surface area contributed by atoms with Gasteiger partial charge in [0.15, 0.2) is 6.10 Å². The third kappa shape index (κ3) is 57.8. The van der Waals surface area contributed by atoms with Gasteiger partial charge in [0.2, 0.25) is 0 Å². The summed E-state index contributed by atoms with van der Waals surface area (Å²) >= 11 is 0. The third-order valence-corrected chi connectivity index (χ3v) is 11.5. The SMILES string of the molecule is CC/C=C\C/C=C\C/C=C\C/C=C\C/C=C\C/C=C\C/C=C\C/C=C\C/C=C\CCCCCC(=O)OCC(COC(=O)CCCCCCCCCCCCC)OC(=O)CC/C=C\C/C=C\C/C=C\C/C=C\CC. The molecule has 408 valence electrons. The molecule has 0 fully saturated rings. The van der Waals surface area contributed by atoms with Gasteiger partial charge < -0.3 is 14.2 Å². The van der Waals surface area contributed by atoms with E-state index in [0.29, 0.717) is 19.3 Å². The van der Waals surface area contributed by atoms with Crippen LogP contribution in [0.25, 0.3) is 0 Å². The van der Waals surface area contributed by atoms with Crippen LogP contribution in [0, 0.1) is 0 Å². The number of carbonyl (C=O) groups excluding carboxylic acids is 3. The maximum atomic E-state index is 12.8. The summed E-state index contributed by atoms with van der Waals surface area (Å²) in [5.41, 5.74) is 0. The highest BCUT2D eigenvalue weighted by Crippen LogP contribution is 2.13. The maximum absolute atomic E-state index is 12.8. The second-order valence-electron chi connectivity index (χ2n) is 18.4. The van der Waals surface area contributed by atoms with Crippen LogP contribution in [0.1, 0.15) is 226 Å². The molecule has 0 radical (unpaired) electrons. The molecule has 0 aromatic rings. The Balaban J connectivity index is 4.39. The zero-order valence-electron chi connectivity index (χ0n) is 46.6. The summed E-state index contributed by atoms with van der Waals surface area (Å²) in [7, 11) is 0. The first-order valence-corrected chi connectivity index (χ1v) is 29.0. The van der Waals surface area contributed by atoms with Crippen LogP contribution in [0.3, 0.4) is 0 Å². The molecule has 0 aliphatic rings. The lowest BCUT2D eigenvalue weighted by molar-refractivity contribution is -0.166. The molecular formula is C67H104O6. The lowest BCUT2D eigenvalue weighted by Crippen LogP contribution is -2.30. The third-order valence-electron chi connectivity index (χ3n) is 11.5. The molecule has 1 atom stereocenters. The van der Waals surface area contributed by atoms with E-state index in [1.165, 1.54) is 51.4 Å². The van der Waals surface area contributed by atoms with Crippen LogP contribution in [0.2, 0.25) is 0 Å². The summed E-state index contributed by atoms with van der Waals surface area (Å²) in [5.74, 6) is -1.05. The first-order chi connectivity index (χ1) is 36.0. The molecule has 1 unspecified atom stereocenters. The Hall–Kier alpha value is -4.97. The van der Waals surface area contributed by atoms with E-state index in [9.17, 15) is 14.4 Å². The van der Waals surface area contributed by atoms with Crippen molar-refractivity contribution < 1.29 is 28.6 Å². The van der Waals surface area contributed by atoms with E-state index < -0.39 is 12.1 Å². The highest BCUT2D eigenvalue weighted by atomic mass is 16.6. The largest absolute Gasteiger partial charge is 0.462 e. The van der Waals surface area contributed by atoms with Gasteiger partial charge in [0.05, 0.1) is 0 Å². The number of hydrogen-bond donors (Lipinski definition) is 0. The Kier molecular flexibility index (Phi) is 55.5. The van der Waals surface area contributed by atoms with Gasteiger partial charge in [-0.05, 0) is 116 Å². The molecular weight excluding hydrogens is 901 g/mol. The second kappa shape index (κ2) is 59.6. The molecule has 0 spiro atoms. The number of rotatable bonds is 50.